The van der Waals surface area contributed by atoms with Crippen molar-refractivity contribution in [2.24, 2.45) is 0 Å². The van der Waals surface area contributed by atoms with E-state index in [0.29, 0.717) is 23.7 Å². The van der Waals surface area contributed by atoms with Crippen molar-refractivity contribution in [2.75, 3.05) is 18.4 Å². The molecule has 4 aromatic carbocycles. The summed E-state index contributed by atoms with van der Waals surface area (Å²) in [5.41, 5.74) is 2.79. The molecule has 1 aliphatic heterocycles. The lowest BCUT2D eigenvalue weighted by Crippen LogP contribution is -2.42. The molecule has 0 bridgehead atoms. The molecule has 38 heavy (non-hydrogen) atoms. The van der Waals surface area contributed by atoms with E-state index in [9.17, 15) is 19.7 Å². The summed E-state index contributed by atoms with van der Waals surface area (Å²) in [6.45, 7) is 0.435. The first-order valence-electron chi connectivity index (χ1n) is 11.8. The minimum absolute atomic E-state index is 0.121. The van der Waals surface area contributed by atoms with Gasteiger partial charge in [0.25, 0.3) is 17.5 Å². The van der Waals surface area contributed by atoms with Crippen LogP contribution in [0.15, 0.2) is 89.3 Å². The van der Waals surface area contributed by atoms with E-state index in [1.165, 1.54) is 12.1 Å². The number of rotatable bonds is 7. The molecule has 1 aliphatic rings. The van der Waals surface area contributed by atoms with E-state index >= 15 is 0 Å². The summed E-state index contributed by atoms with van der Waals surface area (Å²) in [6, 6.07) is 24.3. The number of nitro benzene ring substituents is 1. The van der Waals surface area contributed by atoms with Gasteiger partial charge in [0.05, 0.1) is 10.3 Å². The predicted molar refractivity (Wildman–Crippen MR) is 140 cm³/mol. The lowest BCUT2D eigenvalue weighted by Gasteiger charge is -2.27. The molecule has 1 N–H and O–H groups in total. The summed E-state index contributed by atoms with van der Waals surface area (Å²) in [5, 5.41) is 23.5. The molecular weight excluding hydrogens is 486 g/mol. The number of nitrogens with zero attached hydrogens (tertiary/aromatic N) is 4. The first-order chi connectivity index (χ1) is 18.5. The number of imide groups is 1. The first-order valence-corrected chi connectivity index (χ1v) is 11.8. The fraction of sp³-hybridized carbons (Fsp3) is 0.0714. The van der Waals surface area contributed by atoms with Gasteiger partial charge in [0.2, 0.25) is 11.8 Å². The molecule has 0 radical (unpaired) electrons. The number of benzene rings is 4. The maximum absolute atomic E-state index is 13.1. The molecule has 0 saturated heterocycles. The van der Waals surface area contributed by atoms with Gasteiger partial charge in [-0.2, -0.15) is 0 Å². The van der Waals surface area contributed by atoms with Gasteiger partial charge in [-0.3, -0.25) is 24.6 Å². The van der Waals surface area contributed by atoms with Crippen LogP contribution in [0.25, 0.3) is 33.7 Å². The van der Waals surface area contributed by atoms with Crippen molar-refractivity contribution in [1.82, 2.24) is 15.1 Å². The Kier molecular flexibility index (Phi) is 5.61. The summed E-state index contributed by atoms with van der Waals surface area (Å²) < 4.78 is 5.79. The predicted octanol–water partition coefficient (Wildman–Crippen LogP) is 5.17. The Morgan fingerprint density at radius 1 is 0.789 bits per heavy atom. The third-order valence-corrected chi connectivity index (χ3v) is 6.41. The van der Waals surface area contributed by atoms with Crippen LogP contribution in [0.5, 0.6) is 0 Å². The molecule has 0 spiro atoms. The summed E-state index contributed by atoms with van der Waals surface area (Å²) in [7, 11) is 0. The minimum atomic E-state index is -0.514. The molecule has 0 fully saturated rings. The lowest BCUT2D eigenvalue weighted by atomic mass is 9.93. The maximum Gasteiger partial charge on any atom is 0.277 e. The van der Waals surface area contributed by atoms with E-state index in [1.807, 2.05) is 54.6 Å². The number of non-ortho nitro benzene ring substituents is 1. The molecule has 0 unspecified atom stereocenters. The van der Waals surface area contributed by atoms with Gasteiger partial charge in [-0.05, 0) is 54.6 Å². The summed E-state index contributed by atoms with van der Waals surface area (Å²) in [4.78, 5) is 38.3. The zero-order valence-electron chi connectivity index (χ0n) is 19.8. The Hall–Kier alpha value is -5.38. The number of nitrogens with one attached hydrogen (secondary N) is 1. The average Bonchev–Trinajstić information content (AvgIpc) is 3.44. The first kappa shape index (κ1) is 23.0. The van der Waals surface area contributed by atoms with Gasteiger partial charge in [-0.1, -0.05) is 24.3 Å². The molecule has 0 saturated carbocycles. The van der Waals surface area contributed by atoms with E-state index in [4.69, 9.17) is 4.42 Å². The number of aromatic nitrogens is 2. The smallest absolute Gasteiger partial charge is 0.277 e. The number of carbonyl (C=O) groups excluding carboxylic acids is 2. The monoisotopic (exact) mass is 505 g/mol. The second kappa shape index (κ2) is 9.25. The highest BCUT2D eigenvalue weighted by Crippen LogP contribution is 2.35. The van der Waals surface area contributed by atoms with Crippen LogP contribution in [0.1, 0.15) is 20.7 Å². The van der Waals surface area contributed by atoms with E-state index in [2.05, 4.69) is 15.5 Å². The second-order valence-electron chi connectivity index (χ2n) is 8.66. The van der Waals surface area contributed by atoms with Gasteiger partial charge in [-0.15, -0.1) is 10.2 Å². The van der Waals surface area contributed by atoms with Gasteiger partial charge in [-0.25, -0.2) is 0 Å². The lowest BCUT2D eigenvalue weighted by molar-refractivity contribution is -0.383. The summed E-state index contributed by atoms with van der Waals surface area (Å²) in [6.07, 6.45) is 0. The minimum Gasteiger partial charge on any atom is -0.416 e. The molecule has 2 amide bonds. The van der Waals surface area contributed by atoms with E-state index in [0.717, 1.165) is 21.7 Å². The maximum atomic E-state index is 13.1. The molecule has 0 aliphatic carbocycles. The molecule has 0 atom stereocenters. The molecular formula is C28H19N5O5. The molecule has 186 valence electrons. The van der Waals surface area contributed by atoms with Crippen molar-refractivity contribution in [2.45, 2.75) is 0 Å². The number of amides is 2. The zero-order chi connectivity index (χ0) is 26.2. The summed E-state index contributed by atoms with van der Waals surface area (Å²) in [5.74, 6) is -0.119. The van der Waals surface area contributed by atoms with Crippen molar-refractivity contribution in [3.63, 3.8) is 0 Å². The van der Waals surface area contributed by atoms with Crippen LogP contribution in [0.2, 0.25) is 0 Å². The van der Waals surface area contributed by atoms with Crippen LogP contribution in [0.3, 0.4) is 0 Å². The Balaban J connectivity index is 1.14. The molecule has 2 heterocycles. The van der Waals surface area contributed by atoms with Gasteiger partial charge < -0.3 is 9.73 Å². The van der Waals surface area contributed by atoms with Crippen LogP contribution >= 0.6 is 0 Å². The highest BCUT2D eigenvalue weighted by atomic mass is 16.6. The van der Waals surface area contributed by atoms with E-state index in [-0.39, 0.29) is 28.7 Å². The van der Waals surface area contributed by atoms with Crippen molar-refractivity contribution in [3.05, 3.63) is 106 Å². The topological polar surface area (TPSA) is 131 Å². The average molecular weight is 505 g/mol. The fourth-order valence-corrected chi connectivity index (χ4v) is 4.57. The Morgan fingerprint density at radius 3 is 2.13 bits per heavy atom. The fourth-order valence-electron chi connectivity index (χ4n) is 4.57. The third kappa shape index (κ3) is 3.94. The molecule has 1 aromatic heterocycles. The molecule has 10 heteroatoms. The quantitative estimate of drug-likeness (QED) is 0.182. The number of carbonyl (C=O) groups is 2. The van der Waals surface area contributed by atoms with Crippen molar-refractivity contribution in [1.29, 1.82) is 0 Å². The van der Waals surface area contributed by atoms with E-state index in [1.54, 1.807) is 18.2 Å². The van der Waals surface area contributed by atoms with Crippen LogP contribution in [0, 0.1) is 10.1 Å². The van der Waals surface area contributed by atoms with Gasteiger partial charge >= 0.3 is 0 Å². The Labute approximate surface area is 215 Å². The van der Waals surface area contributed by atoms with Crippen LogP contribution in [0.4, 0.5) is 11.4 Å². The molecule has 5 aromatic rings. The number of hydrogen-bond acceptors (Lipinski definition) is 8. The number of anilines is 1. The standard InChI is InChI=1S/C28H19N5O5/c34-27-21-8-4-7-20-23(33(36)37)14-13-22(24(20)21)28(35)32(27)16-15-29-19-11-9-18(10-12-19)26-31-30-25(38-26)17-5-2-1-3-6-17/h1-14,29H,15-16H2. The second-order valence-corrected chi connectivity index (χ2v) is 8.66. The van der Waals surface area contributed by atoms with Gasteiger partial charge in [0.15, 0.2) is 0 Å². The molecule has 10 nitrogen and oxygen atoms in total. The van der Waals surface area contributed by atoms with Gasteiger partial charge in [0, 0.05) is 52.5 Å². The highest BCUT2D eigenvalue weighted by Gasteiger charge is 2.34. The zero-order valence-corrected chi connectivity index (χ0v) is 19.8. The normalized spacial score (nSPS) is 12.7. The van der Waals surface area contributed by atoms with Crippen LogP contribution < -0.4 is 5.32 Å². The van der Waals surface area contributed by atoms with Gasteiger partial charge in [0.1, 0.15) is 0 Å². The third-order valence-electron chi connectivity index (χ3n) is 6.41. The van der Waals surface area contributed by atoms with E-state index < -0.39 is 16.7 Å². The number of nitro groups is 1. The van der Waals surface area contributed by atoms with Crippen LogP contribution in [-0.2, 0) is 0 Å². The number of hydrogen-bond donors (Lipinski definition) is 1. The summed E-state index contributed by atoms with van der Waals surface area (Å²) >= 11 is 0. The van der Waals surface area contributed by atoms with Crippen molar-refractivity contribution >= 4 is 34.0 Å². The molecule has 6 rings (SSSR count). The van der Waals surface area contributed by atoms with Crippen LogP contribution in [-0.4, -0.2) is 44.9 Å². The largest absolute Gasteiger partial charge is 0.416 e. The Morgan fingerprint density at radius 2 is 1.45 bits per heavy atom. The van der Waals surface area contributed by atoms with Crippen molar-refractivity contribution < 1.29 is 18.9 Å². The SMILES string of the molecule is O=C1c2cccc3c([N+](=O)[O-])ccc(c23)C(=O)N1CCNc1ccc(-c2nnc(-c3ccccc3)o2)cc1. The van der Waals surface area contributed by atoms with Crippen molar-refractivity contribution in [3.8, 4) is 22.9 Å². The highest BCUT2D eigenvalue weighted by molar-refractivity contribution is 6.26. The Bertz CT molecular complexity index is 1690.